The van der Waals surface area contributed by atoms with E-state index in [9.17, 15) is 0 Å². The quantitative estimate of drug-likeness (QED) is 0.622. The standard InChI is InChI=1S/C18H18ClNO/c1-14-12-18(10-9-16(14)7-3-4-11-19)21-13-17-8-5-6-15(2)20-17/h5-6,8-10,12H,4,11,13H2,1-2H3. The predicted octanol–water partition coefficient (Wildman–Crippen LogP) is 4.26. The fraction of sp³-hybridized carbons (Fsp3) is 0.278. The molecule has 0 N–H and O–H groups in total. The summed E-state index contributed by atoms with van der Waals surface area (Å²) < 4.78 is 5.78. The Morgan fingerprint density at radius 2 is 2.05 bits per heavy atom. The summed E-state index contributed by atoms with van der Waals surface area (Å²) in [5.74, 6) is 7.56. The summed E-state index contributed by atoms with van der Waals surface area (Å²) in [6.07, 6.45) is 0.707. The summed E-state index contributed by atoms with van der Waals surface area (Å²) in [4.78, 5) is 4.42. The first-order valence-electron chi connectivity index (χ1n) is 6.90. The van der Waals surface area contributed by atoms with E-state index in [0.29, 0.717) is 18.9 Å². The number of ether oxygens (including phenoxy) is 1. The molecule has 108 valence electrons. The Balaban J connectivity index is 2.02. The van der Waals surface area contributed by atoms with E-state index in [0.717, 1.165) is 28.3 Å². The number of hydrogen-bond acceptors (Lipinski definition) is 2. The number of benzene rings is 1. The van der Waals surface area contributed by atoms with Crippen molar-refractivity contribution in [1.29, 1.82) is 0 Å². The van der Waals surface area contributed by atoms with Crippen molar-refractivity contribution < 1.29 is 4.74 Å². The summed E-state index contributed by atoms with van der Waals surface area (Å²) in [6.45, 7) is 4.48. The molecule has 0 bridgehead atoms. The van der Waals surface area contributed by atoms with Crippen LogP contribution in [0.15, 0.2) is 36.4 Å². The molecule has 0 saturated heterocycles. The van der Waals surface area contributed by atoms with Crippen LogP contribution in [-0.2, 0) is 6.61 Å². The van der Waals surface area contributed by atoms with Crippen LogP contribution in [0.5, 0.6) is 5.75 Å². The van der Waals surface area contributed by atoms with Gasteiger partial charge >= 0.3 is 0 Å². The first-order valence-corrected chi connectivity index (χ1v) is 7.43. The van der Waals surface area contributed by atoms with Gasteiger partial charge in [-0.15, -0.1) is 11.6 Å². The van der Waals surface area contributed by atoms with Crippen molar-refractivity contribution in [3.63, 3.8) is 0 Å². The van der Waals surface area contributed by atoms with Crippen molar-refractivity contribution in [3.05, 3.63) is 58.9 Å². The van der Waals surface area contributed by atoms with Crippen molar-refractivity contribution in [1.82, 2.24) is 4.98 Å². The molecule has 1 heterocycles. The minimum absolute atomic E-state index is 0.471. The molecule has 2 rings (SSSR count). The number of hydrogen-bond donors (Lipinski definition) is 0. The lowest BCUT2D eigenvalue weighted by molar-refractivity contribution is 0.301. The molecule has 21 heavy (non-hydrogen) atoms. The lowest BCUT2D eigenvalue weighted by atomic mass is 10.1. The topological polar surface area (TPSA) is 22.1 Å². The molecular formula is C18H18ClNO. The highest BCUT2D eigenvalue weighted by Crippen LogP contribution is 2.17. The van der Waals surface area contributed by atoms with E-state index in [1.165, 1.54) is 0 Å². The van der Waals surface area contributed by atoms with Crippen LogP contribution in [-0.4, -0.2) is 10.9 Å². The summed E-state index contributed by atoms with van der Waals surface area (Å²) in [5, 5.41) is 0. The van der Waals surface area contributed by atoms with E-state index in [-0.39, 0.29) is 0 Å². The van der Waals surface area contributed by atoms with Crippen LogP contribution < -0.4 is 4.74 Å². The molecule has 0 fully saturated rings. The van der Waals surface area contributed by atoms with Gasteiger partial charge < -0.3 is 4.74 Å². The third kappa shape index (κ3) is 4.81. The smallest absolute Gasteiger partial charge is 0.130 e. The molecule has 2 aromatic rings. The fourth-order valence-electron chi connectivity index (χ4n) is 1.91. The van der Waals surface area contributed by atoms with E-state index in [4.69, 9.17) is 16.3 Å². The lowest BCUT2D eigenvalue weighted by Gasteiger charge is -2.08. The number of pyridine rings is 1. The van der Waals surface area contributed by atoms with Gasteiger partial charge in [0.1, 0.15) is 12.4 Å². The average molecular weight is 300 g/mol. The first-order chi connectivity index (χ1) is 10.2. The highest BCUT2D eigenvalue weighted by atomic mass is 35.5. The Hall–Kier alpha value is -1.98. The normalized spacial score (nSPS) is 9.86. The fourth-order valence-corrected chi connectivity index (χ4v) is 2.00. The third-order valence-corrected chi connectivity index (χ3v) is 3.16. The minimum Gasteiger partial charge on any atom is -0.487 e. The van der Waals surface area contributed by atoms with Crippen molar-refractivity contribution in [3.8, 4) is 17.6 Å². The van der Waals surface area contributed by atoms with E-state index in [1.807, 2.05) is 50.2 Å². The van der Waals surface area contributed by atoms with Gasteiger partial charge in [-0.2, -0.15) is 0 Å². The van der Waals surface area contributed by atoms with E-state index >= 15 is 0 Å². The Morgan fingerprint density at radius 1 is 1.19 bits per heavy atom. The molecule has 0 aliphatic heterocycles. The molecular weight excluding hydrogens is 282 g/mol. The number of halogens is 1. The van der Waals surface area contributed by atoms with Crippen LogP contribution >= 0.6 is 11.6 Å². The summed E-state index contributed by atoms with van der Waals surface area (Å²) >= 11 is 5.61. The second-order valence-corrected chi connectivity index (χ2v) is 5.15. The molecule has 0 saturated carbocycles. The SMILES string of the molecule is Cc1cccc(COc2ccc(C#CCCCl)c(C)c2)n1. The number of rotatable bonds is 4. The molecule has 0 aliphatic rings. The van der Waals surface area contributed by atoms with Crippen molar-refractivity contribution >= 4 is 11.6 Å². The molecule has 3 heteroatoms. The second kappa shape index (κ2) is 7.71. The second-order valence-electron chi connectivity index (χ2n) is 4.78. The zero-order chi connectivity index (χ0) is 15.1. The predicted molar refractivity (Wildman–Crippen MR) is 86.7 cm³/mol. The van der Waals surface area contributed by atoms with Gasteiger partial charge in [-0.25, -0.2) is 0 Å². The van der Waals surface area contributed by atoms with Crippen LogP contribution in [0.25, 0.3) is 0 Å². The van der Waals surface area contributed by atoms with Crippen molar-refractivity contribution in [2.75, 3.05) is 5.88 Å². The lowest BCUT2D eigenvalue weighted by Crippen LogP contribution is -1.99. The van der Waals surface area contributed by atoms with Gasteiger partial charge in [0.15, 0.2) is 0 Å². The van der Waals surface area contributed by atoms with E-state index in [2.05, 4.69) is 16.8 Å². The van der Waals surface area contributed by atoms with E-state index < -0.39 is 0 Å². The molecule has 1 aromatic heterocycles. The zero-order valence-corrected chi connectivity index (χ0v) is 13.1. The highest BCUT2D eigenvalue weighted by Gasteiger charge is 2.01. The van der Waals surface area contributed by atoms with Gasteiger partial charge in [0, 0.05) is 23.6 Å². The van der Waals surface area contributed by atoms with E-state index in [1.54, 1.807) is 0 Å². The maximum Gasteiger partial charge on any atom is 0.130 e. The highest BCUT2D eigenvalue weighted by molar-refractivity contribution is 6.18. The number of alkyl halides is 1. The van der Waals surface area contributed by atoms with Crippen LogP contribution in [0.2, 0.25) is 0 Å². The minimum atomic E-state index is 0.471. The molecule has 0 spiro atoms. The summed E-state index contributed by atoms with van der Waals surface area (Å²) in [7, 11) is 0. The van der Waals surface area contributed by atoms with Crippen LogP contribution in [0.4, 0.5) is 0 Å². The first kappa shape index (κ1) is 15.4. The Morgan fingerprint density at radius 3 is 2.76 bits per heavy atom. The molecule has 0 unspecified atom stereocenters. The Bertz CT molecular complexity index is 670. The number of nitrogens with zero attached hydrogens (tertiary/aromatic N) is 1. The molecule has 0 atom stereocenters. The molecule has 0 aliphatic carbocycles. The van der Waals surface area contributed by atoms with Gasteiger partial charge in [0.25, 0.3) is 0 Å². The zero-order valence-electron chi connectivity index (χ0n) is 12.3. The largest absolute Gasteiger partial charge is 0.487 e. The maximum atomic E-state index is 5.78. The van der Waals surface area contributed by atoms with Gasteiger partial charge in [-0.1, -0.05) is 17.9 Å². The van der Waals surface area contributed by atoms with Crippen LogP contribution in [0.3, 0.4) is 0 Å². The molecule has 1 aromatic carbocycles. The third-order valence-electron chi connectivity index (χ3n) is 2.97. The summed E-state index contributed by atoms with van der Waals surface area (Å²) in [5.41, 5.74) is 4.05. The monoisotopic (exact) mass is 299 g/mol. The number of aromatic nitrogens is 1. The van der Waals surface area contributed by atoms with Gasteiger partial charge in [0.2, 0.25) is 0 Å². The molecule has 0 radical (unpaired) electrons. The van der Waals surface area contributed by atoms with Crippen molar-refractivity contribution in [2.45, 2.75) is 26.9 Å². The van der Waals surface area contributed by atoms with Crippen molar-refractivity contribution in [2.24, 2.45) is 0 Å². The van der Waals surface area contributed by atoms with Gasteiger partial charge in [0.05, 0.1) is 5.69 Å². The van der Waals surface area contributed by atoms with Gasteiger partial charge in [-0.3, -0.25) is 4.98 Å². The Labute approximate surface area is 131 Å². The van der Waals surface area contributed by atoms with Gasteiger partial charge in [-0.05, 0) is 49.7 Å². The maximum absolute atomic E-state index is 5.78. The summed E-state index contributed by atoms with van der Waals surface area (Å²) in [6, 6.07) is 11.8. The van der Waals surface area contributed by atoms with Crippen LogP contribution in [0.1, 0.15) is 28.9 Å². The average Bonchev–Trinajstić information content (AvgIpc) is 2.47. The molecule has 0 amide bonds. The number of aryl methyl sites for hydroxylation is 2. The Kier molecular flexibility index (Phi) is 5.66. The van der Waals surface area contributed by atoms with Crippen LogP contribution in [0, 0.1) is 25.7 Å². The molecule has 2 nitrogen and oxygen atoms in total.